The summed E-state index contributed by atoms with van der Waals surface area (Å²) in [6.07, 6.45) is 9.11. The van der Waals surface area contributed by atoms with Gasteiger partial charge in [-0.15, -0.1) is 0 Å². The molecule has 1 atom stereocenters. The van der Waals surface area contributed by atoms with Crippen LogP contribution < -0.4 is 0 Å². The van der Waals surface area contributed by atoms with E-state index in [-0.39, 0.29) is 0 Å². The first kappa shape index (κ1) is 13.6. The molecule has 0 saturated carbocycles. The molecule has 0 amide bonds. The Morgan fingerprint density at radius 3 is 3.00 bits per heavy atom. The number of hydrogen-bond donors (Lipinski definition) is 1. The van der Waals surface area contributed by atoms with Crippen LogP contribution in [0.25, 0.3) is 0 Å². The first-order chi connectivity index (χ1) is 9.58. The summed E-state index contributed by atoms with van der Waals surface area (Å²) < 4.78 is 6.03. The Balaban J connectivity index is 2.11. The fourth-order valence-corrected chi connectivity index (χ4v) is 6.65. The van der Waals surface area contributed by atoms with Gasteiger partial charge in [0.1, 0.15) is 0 Å². The van der Waals surface area contributed by atoms with Crippen molar-refractivity contribution in [1.82, 2.24) is 0 Å². The van der Waals surface area contributed by atoms with Gasteiger partial charge in [0, 0.05) is 0 Å². The van der Waals surface area contributed by atoms with E-state index in [9.17, 15) is 4.89 Å². The van der Waals surface area contributed by atoms with Crippen LogP contribution in [0.4, 0.5) is 0 Å². The summed E-state index contributed by atoms with van der Waals surface area (Å²) in [5.41, 5.74) is 0.759. The summed E-state index contributed by atoms with van der Waals surface area (Å²) in [6.45, 7) is 4.20. The maximum absolute atomic E-state index is 11.4. The molecule has 0 radical (unpaired) electrons. The maximum atomic E-state index is 11.4. The van der Waals surface area contributed by atoms with Gasteiger partial charge in [-0.2, -0.15) is 0 Å². The van der Waals surface area contributed by atoms with Crippen molar-refractivity contribution in [3.63, 3.8) is 0 Å². The molecule has 3 nitrogen and oxygen atoms in total. The molecule has 3 aliphatic rings. The molecule has 106 valence electrons. The fraction of sp³-hybridized carbons (Fsp3) is 0.438. The first-order valence-corrected chi connectivity index (χ1v) is 9.40. The van der Waals surface area contributed by atoms with Gasteiger partial charge >= 0.3 is 120 Å². The Morgan fingerprint density at radius 2 is 2.30 bits per heavy atom. The summed E-state index contributed by atoms with van der Waals surface area (Å²) in [4.78, 5) is 11.4. The normalized spacial score (nSPS) is 28.9. The van der Waals surface area contributed by atoms with Gasteiger partial charge in [-0.1, -0.05) is 0 Å². The third-order valence-electron chi connectivity index (χ3n) is 4.47. The average Bonchev–Trinajstić information content (AvgIpc) is 2.48. The van der Waals surface area contributed by atoms with Gasteiger partial charge in [0.05, 0.1) is 0 Å². The molecule has 1 aliphatic heterocycles. The first-order valence-electron chi connectivity index (χ1n) is 7.25. The van der Waals surface area contributed by atoms with Crippen molar-refractivity contribution in [2.75, 3.05) is 6.16 Å². The minimum absolute atomic E-state index is 0.438. The Kier molecular flexibility index (Phi) is 3.32. The molecule has 20 heavy (non-hydrogen) atoms. The standard InChI is InChI=1S/C16H20NO2P/c1-3-20(18)15-8-11(2)4-6-13(15)19-14-7-5-12(10-17)9-16(14)20/h4,6,9,11,18,20H,3,5,7-8H2,1-2H3. The second kappa shape index (κ2) is 4.88. The van der Waals surface area contributed by atoms with Gasteiger partial charge in [0.15, 0.2) is 0 Å². The van der Waals surface area contributed by atoms with Crippen molar-refractivity contribution in [2.24, 2.45) is 5.92 Å². The van der Waals surface area contributed by atoms with Crippen molar-refractivity contribution in [1.29, 1.82) is 5.26 Å². The number of hydrogen-bond acceptors (Lipinski definition) is 3. The van der Waals surface area contributed by atoms with E-state index in [1.165, 1.54) is 0 Å². The zero-order valence-electron chi connectivity index (χ0n) is 11.9. The number of allylic oxidation sites excluding steroid dienone is 7. The Morgan fingerprint density at radius 1 is 1.50 bits per heavy atom. The minimum atomic E-state index is -2.68. The topological polar surface area (TPSA) is 53.2 Å². The van der Waals surface area contributed by atoms with Crippen LogP contribution in [0.5, 0.6) is 0 Å². The summed E-state index contributed by atoms with van der Waals surface area (Å²) in [6, 6.07) is 2.23. The van der Waals surface area contributed by atoms with Gasteiger partial charge in [0.2, 0.25) is 0 Å². The fourth-order valence-electron chi connectivity index (χ4n) is 3.26. The van der Waals surface area contributed by atoms with Crippen LogP contribution in [0.1, 0.15) is 33.1 Å². The van der Waals surface area contributed by atoms with Crippen LogP contribution in [0.3, 0.4) is 0 Å². The molecular weight excluding hydrogens is 269 g/mol. The molecule has 1 heterocycles. The number of ether oxygens (including phenoxy) is 1. The molecule has 2 aliphatic carbocycles. The van der Waals surface area contributed by atoms with Gasteiger partial charge < -0.3 is 0 Å². The zero-order valence-corrected chi connectivity index (χ0v) is 12.9. The van der Waals surface area contributed by atoms with Crippen molar-refractivity contribution in [2.45, 2.75) is 33.1 Å². The van der Waals surface area contributed by atoms with Gasteiger partial charge in [-0.3, -0.25) is 0 Å². The van der Waals surface area contributed by atoms with Crippen LogP contribution in [0.15, 0.2) is 45.9 Å². The van der Waals surface area contributed by atoms with E-state index < -0.39 is 7.49 Å². The third-order valence-corrected chi connectivity index (χ3v) is 8.26. The van der Waals surface area contributed by atoms with Crippen LogP contribution in [-0.2, 0) is 4.74 Å². The SMILES string of the molecule is CC[PH]1(O)C2=C(CCC(C#N)=C2)OC2=C1CC(C)C=C2. The Hall–Kier alpha value is -1.36. The van der Waals surface area contributed by atoms with Gasteiger partial charge in [-0.05, 0) is 0 Å². The average molecular weight is 289 g/mol. The van der Waals surface area contributed by atoms with Crippen LogP contribution in [0.2, 0.25) is 0 Å². The van der Waals surface area contributed by atoms with Crippen LogP contribution in [-0.4, -0.2) is 11.1 Å². The van der Waals surface area contributed by atoms with E-state index in [1.54, 1.807) is 0 Å². The third kappa shape index (κ3) is 1.95. The molecule has 0 aromatic rings. The van der Waals surface area contributed by atoms with Gasteiger partial charge in [0.25, 0.3) is 0 Å². The van der Waals surface area contributed by atoms with Crippen molar-refractivity contribution < 1.29 is 9.63 Å². The van der Waals surface area contributed by atoms with E-state index in [0.29, 0.717) is 12.3 Å². The van der Waals surface area contributed by atoms with Crippen molar-refractivity contribution in [3.8, 4) is 6.07 Å². The monoisotopic (exact) mass is 289 g/mol. The molecular formula is C16H20NO2P. The molecule has 1 N–H and O–H groups in total. The summed E-state index contributed by atoms with van der Waals surface area (Å²) in [7, 11) is -2.68. The molecule has 0 saturated heterocycles. The second-order valence-electron chi connectivity index (χ2n) is 5.82. The van der Waals surface area contributed by atoms with E-state index in [2.05, 4.69) is 19.1 Å². The number of nitriles is 1. The molecule has 0 aromatic heterocycles. The van der Waals surface area contributed by atoms with Gasteiger partial charge in [-0.25, -0.2) is 0 Å². The number of nitrogens with zero attached hydrogens (tertiary/aromatic N) is 1. The van der Waals surface area contributed by atoms with E-state index in [0.717, 1.165) is 46.7 Å². The summed E-state index contributed by atoms with van der Waals surface area (Å²) in [5.74, 6) is 2.19. The van der Waals surface area contributed by atoms with E-state index >= 15 is 0 Å². The van der Waals surface area contributed by atoms with Crippen molar-refractivity contribution in [3.05, 3.63) is 45.9 Å². The molecule has 0 aromatic carbocycles. The quantitative estimate of drug-likeness (QED) is 0.743. The predicted molar refractivity (Wildman–Crippen MR) is 82.1 cm³/mol. The molecule has 4 heteroatoms. The van der Waals surface area contributed by atoms with Crippen LogP contribution >= 0.6 is 7.49 Å². The summed E-state index contributed by atoms with van der Waals surface area (Å²) in [5, 5.41) is 11.2. The van der Waals surface area contributed by atoms with E-state index in [4.69, 9.17) is 10.00 Å². The Bertz CT molecular complexity index is 621. The Labute approximate surface area is 120 Å². The second-order valence-corrected chi connectivity index (χ2v) is 9.39. The van der Waals surface area contributed by atoms with E-state index in [1.807, 2.05) is 19.1 Å². The zero-order chi connectivity index (χ0) is 14.3. The molecule has 0 spiro atoms. The van der Waals surface area contributed by atoms with Crippen LogP contribution in [0, 0.1) is 17.2 Å². The molecule has 1 unspecified atom stereocenters. The molecule has 0 bridgehead atoms. The predicted octanol–water partition coefficient (Wildman–Crippen LogP) is 3.96. The molecule has 0 fully saturated rings. The molecule has 3 rings (SSSR count). The van der Waals surface area contributed by atoms with Crippen molar-refractivity contribution >= 4 is 7.49 Å². The summed E-state index contributed by atoms with van der Waals surface area (Å²) >= 11 is 0. The number of rotatable bonds is 1.